The minimum absolute atomic E-state index is 0.0275. The highest BCUT2D eigenvalue weighted by Crippen LogP contribution is 2.34. The monoisotopic (exact) mass is 457 g/mol. The number of nitrogens with one attached hydrogen (secondary N) is 1. The predicted molar refractivity (Wildman–Crippen MR) is 129 cm³/mol. The largest absolute Gasteiger partial charge is 0.349 e. The maximum atomic E-state index is 13.5. The lowest BCUT2D eigenvalue weighted by Crippen LogP contribution is -2.38. The van der Waals surface area contributed by atoms with Gasteiger partial charge in [-0.3, -0.25) is 14.4 Å². The van der Waals surface area contributed by atoms with Crippen molar-refractivity contribution in [2.45, 2.75) is 70.0 Å². The van der Waals surface area contributed by atoms with Crippen LogP contribution in [0.1, 0.15) is 65.6 Å². The summed E-state index contributed by atoms with van der Waals surface area (Å²) in [6.45, 7) is 0.984. The van der Waals surface area contributed by atoms with E-state index < -0.39 is 0 Å². The molecule has 1 N–H and O–H groups in total. The van der Waals surface area contributed by atoms with Gasteiger partial charge in [-0.15, -0.1) is 0 Å². The first-order chi connectivity index (χ1) is 16.5. The van der Waals surface area contributed by atoms with Gasteiger partial charge in [0.2, 0.25) is 11.8 Å². The van der Waals surface area contributed by atoms with E-state index in [-0.39, 0.29) is 36.1 Å². The summed E-state index contributed by atoms with van der Waals surface area (Å²) in [5.74, 6) is -0.210. The Labute approximate surface area is 200 Å². The number of benzene rings is 2. The van der Waals surface area contributed by atoms with Crippen LogP contribution in [-0.4, -0.2) is 41.2 Å². The first-order valence-corrected chi connectivity index (χ1v) is 12.7. The normalized spacial score (nSPS) is 21.5. The number of carbonyl (C=O) groups is 3. The summed E-state index contributed by atoms with van der Waals surface area (Å²) in [7, 11) is 0. The number of hydrogen-bond acceptors (Lipinski definition) is 3. The first-order valence-electron chi connectivity index (χ1n) is 12.7. The van der Waals surface area contributed by atoms with Gasteiger partial charge in [0.15, 0.2) is 0 Å². The lowest BCUT2D eigenvalue weighted by atomic mass is 10.1. The molecule has 2 saturated carbocycles. The van der Waals surface area contributed by atoms with Crippen molar-refractivity contribution in [3.63, 3.8) is 0 Å². The molecule has 0 bridgehead atoms. The summed E-state index contributed by atoms with van der Waals surface area (Å²) >= 11 is 0. The Bertz CT molecular complexity index is 1130. The van der Waals surface area contributed by atoms with Crippen LogP contribution in [0.15, 0.2) is 42.5 Å². The van der Waals surface area contributed by atoms with Gasteiger partial charge in [0.05, 0.1) is 5.92 Å². The minimum Gasteiger partial charge on any atom is -0.349 e. The van der Waals surface area contributed by atoms with Gasteiger partial charge in [0.1, 0.15) is 0 Å². The zero-order valence-corrected chi connectivity index (χ0v) is 19.5. The third-order valence-corrected chi connectivity index (χ3v) is 7.62. The van der Waals surface area contributed by atoms with Crippen LogP contribution < -0.4 is 10.2 Å². The second-order valence-corrected chi connectivity index (χ2v) is 10.4. The van der Waals surface area contributed by atoms with Crippen LogP contribution in [0.25, 0.3) is 0 Å². The van der Waals surface area contributed by atoms with E-state index in [1.165, 1.54) is 17.5 Å². The number of aryl methyl sites for hydroxylation is 2. The van der Waals surface area contributed by atoms with Crippen molar-refractivity contribution in [2.75, 3.05) is 11.4 Å². The Balaban J connectivity index is 1.13. The summed E-state index contributed by atoms with van der Waals surface area (Å²) in [5.41, 5.74) is 5.33. The van der Waals surface area contributed by atoms with Crippen LogP contribution >= 0.6 is 0 Å². The number of anilines is 1. The van der Waals surface area contributed by atoms with E-state index in [0.29, 0.717) is 24.7 Å². The highest BCUT2D eigenvalue weighted by molar-refractivity contribution is 6.00. The Morgan fingerprint density at radius 1 is 0.971 bits per heavy atom. The molecule has 6 nitrogen and oxygen atoms in total. The Kier molecular flexibility index (Phi) is 5.39. The van der Waals surface area contributed by atoms with Gasteiger partial charge in [-0.2, -0.15) is 0 Å². The van der Waals surface area contributed by atoms with Crippen LogP contribution in [0.2, 0.25) is 0 Å². The van der Waals surface area contributed by atoms with Crippen LogP contribution in [0, 0.1) is 5.92 Å². The van der Waals surface area contributed by atoms with E-state index in [1.807, 2.05) is 35.2 Å². The van der Waals surface area contributed by atoms with E-state index in [2.05, 4.69) is 17.4 Å². The summed E-state index contributed by atoms with van der Waals surface area (Å²) in [6.07, 6.45) is 7.81. The van der Waals surface area contributed by atoms with E-state index in [1.54, 1.807) is 4.90 Å². The molecule has 6 heteroatoms. The Morgan fingerprint density at radius 2 is 1.74 bits per heavy atom. The smallest absolute Gasteiger partial charge is 0.251 e. The third kappa shape index (κ3) is 4.33. The summed E-state index contributed by atoms with van der Waals surface area (Å²) in [6, 6.07) is 14.5. The molecule has 34 heavy (non-hydrogen) atoms. The average Bonchev–Trinajstić information content (AvgIpc) is 3.77. The van der Waals surface area contributed by atoms with Crippen LogP contribution in [0.4, 0.5) is 5.69 Å². The molecule has 3 amide bonds. The fourth-order valence-electron chi connectivity index (χ4n) is 5.31. The summed E-state index contributed by atoms with van der Waals surface area (Å²) < 4.78 is 0. The van der Waals surface area contributed by atoms with E-state index >= 15 is 0 Å². The number of rotatable bonds is 7. The molecule has 2 aromatic carbocycles. The van der Waals surface area contributed by atoms with Crippen molar-refractivity contribution >= 4 is 23.4 Å². The van der Waals surface area contributed by atoms with Crippen molar-refractivity contribution < 1.29 is 14.4 Å². The molecule has 1 aliphatic heterocycles. The Hall–Kier alpha value is -3.15. The quantitative estimate of drug-likeness (QED) is 0.691. The standard InChI is InChI=1S/C28H31N3O3/c32-26-15-22(17-30(26)25-11-8-19-2-1-3-21(19)14-25)28(34)31(24-12-13-24)16-18-4-6-20(7-5-18)27(33)29-23-9-10-23/h4-8,11,14,22-24H,1-3,9-10,12-13,15-17H2,(H,29,33)/t22-/m1/s1. The molecule has 1 heterocycles. The van der Waals surface area contributed by atoms with Crippen LogP contribution in [0.3, 0.4) is 0 Å². The Morgan fingerprint density at radius 3 is 2.47 bits per heavy atom. The lowest BCUT2D eigenvalue weighted by Gasteiger charge is -2.26. The lowest BCUT2D eigenvalue weighted by molar-refractivity contribution is -0.137. The fraction of sp³-hybridized carbons (Fsp3) is 0.464. The maximum absolute atomic E-state index is 13.5. The number of amides is 3. The van der Waals surface area contributed by atoms with Crippen molar-refractivity contribution in [2.24, 2.45) is 5.92 Å². The third-order valence-electron chi connectivity index (χ3n) is 7.62. The van der Waals surface area contributed by atoms with Crippen LogP contribution in [-0.2, 0) is 29.0 Å². The van der Waals surface area contributed by atoms with Gasteiger partial charge in [-0.1, -0.05) is 18.2 Å². The van der Waals surface area contributed by atoms with Crippen molar-refractivity contribution in [1.82, 2.24) is 10.2 Å². The number of carbonyl (C=O) groups excluding carboxylic acids is 3. The minimum atomic E-state index is -0.301. The molecule has 2 aromatic rings. The van der Waals surface area contributed by atoms with Crippen molar-refractivity contribution in [3.8, 4) is 0 Å². The zero-order valence-electron chi connectivity index (χ0n) is 19.5. The van der Waals surface area contributed by atoms with Gasteiger partial charge in [0, 0.05) is 42.8 Å². The second kappa shape index (κ2) is 8.57. The molecule has 1 atom stereocenters. The molecule has 0 aromatic heterocycles. The molecule has 1 saturated heterocycles. The SMILES string of the molecule is O=C(NC1CC1)c1ccc(CN(C(=O)[C@@H]2CC(=O)N(c3ccc4c(c3)CCC4)C2)C2CC2)cc1. The van der Waals surface area contributed by atoms with Gasteiger partial charge in [-0.05, 0) is 85.9 Å². The topological polar surface area (TPSA) is 69.7 Å². The van der Waals surface area contributed by atoms with Gasteiger partial charge in [0.25, 0.3) is 5.91 Å². The highest BCUT2D eigenvalue weighted by Gasteiger charge is 2.41. The highest BCUT2D eigenvalue weighted by atomic mass is 16.2. The molecular formula is C28H31N3O3. The summed E-state index contributed by atoms with van der Waals surface area (Å²) in [5, 5.41) is 3.01. The number of fused-ring (bicyclic) bond motifs is 1. The molecule has 0 unspecified atom stereocenters. The van der Waals surface area contributed by atoms with Gasteiger partial charge >= 0.3 is 0 Å². The number of hydrogen-bond donors (Lipinski definition) is 1. The molecule has 4 aliphatic rings. The molecular weight excluding hydrogens is 426 g/mol. The van der Waals surface area contributed by atoms with E-state index in [4.69, 9.17) is 0 Å². The molecule has 3 fully saturated rings. The molecule has 0 radical (unpaired) electrons. The van der Waals surface area contributed by atoms with Crippen molar-refractivity contribution in [1.29, 1.82) is 0 Å². The second-order valence-electron chi connectivity index (χ2n) is 10.4. The molecule has 3 aliphatic carbocycles. The summed E-state index contributed by atoms with van der Waals surface area (Å²) in [4.78, 5) is 42.4. The molecule has 0 spiro atoms. The first kappa shape index (κ1) is 21.4. The molecule has 6 rings (SSSR count). The van der Waals surface area contributed by atoms with Crippen LogP contribution in [0.5, 0.6) is 0 Å². The van der Waals surface area contributed by atoms with Gasteiger partial charge in [-0.25, -0.2) is 0 Å². The van der Waals surface area contributed by atoms with E-state index in [9.17, 15) is 14.4 Å². The maximum Gasteiger partial charge on any atom is 0.251 e. The fourth-order valence-corrected chi connectivity index (χ4v) is 5.31. The average molecular weight is 458 g/mol. The predicted octanol–water partition coefficient (Wildman–Crippen LogP) is 3.61. The van der Waals surface area contributed by atoms with Crippen molar-refractivity contribution in [3.05, 3.63) is 64.7 Å². The molecule has 176 valence electrons. The zero-order chi connectivity index (χ0) is 23.2. The van der Waals surface area contributed by atoms with E-state index in [0.717, 1.165) is 49.8 Å². The van der Waals surface area contributed by atoms with Gasteiger partial charge < -0.3 is 15.1 Å². The number of nitrogens with zero attached hydrogens (tertiary/aromatic N) is 2.